The average molecular weight is 357 g/mol. The Bertz CT molecular complexity index is 671. The van der Waals surface area contributed by atoms with Crippen molar-refractivity contribution in [3.05, 3.63) is 40.0 Å². The van der Waals surface area contributed by atoms with Crippen molar-refractivity contribution in [3.63, 3.8) is 0 Å². The van der Waals surface area contributed by atoms with Crippen LogP contribution in [0.3, 0.4) is 0 Å². The summed E-state index contributed by atoms with van der Waals surface area (Å²) in [5.41, 5.74) is 6.82. The molecule has 22 heavy (non-hydrogen) atoms. The van der Waals surface area contributed by atoms with Gasteiger partial charge in [-0.15, -0.1) is 0 Å². The van der Waals surface area contributed by atoms with E-state index in [1.54, 1.807) is 31.2 Å². The number of hydrogen-bond donors (Lipinski definition) is 2. The molecular formula is C14H14Cl2N4OS. The van der Waals surface area contributed by atoms with E-state index in [0.29, 0.717) is 26.7 Å². The molecule has 0 aliphatic rings. The maximum atomic E-state index is 12.3. The first kappa shape index (κ1) is 16.9. The van der Waals surface area contributed by atoms with Crippen molar-refractivity contribution in [2.24, 2.45) is 0 Å². The van der Waals surface area contributed by atoms with Crippen molar-refractivity contribution >= 4 is 52.4 Å². The van der Waals surface area contributed by atoms with Crippen LogP contribution in [0.25, 0.3) is 0 Å². The van der Waals surface area contributed by atoms with Crippen LogP contribution in [0, 0.1) is 6.92 Å². The van der Waals surface area contributed by atoms with Gasteiger partial charge in [-0.25, -0.2) is 9.97 Å². The predicted octanol–water partition coefficient (Wildman–Crippen LogP) is 3.79. The van der Waals surface area contributed by atoms with E-state index >= 15 is 0 Å². The van der Waals surface area contributed by atoms with Gasteiger partial charge in [0.1, 0.15) is 5.82 Å². The lowest BCUT2D eigenvalue weighted by molar-refractivity contribution is -0.115. The third kappa shape index (κ3) is 4.25. The molecule has 0 fully saturated rings. The summed E-state index contributed by atoms with van der Waals surface area (Å²) < 4.78 is 0. The number of thioether (sulfide) groups is 1. The van der Waals surface area contributed by atoms with E-state index in [4.69, 9.17) is 28.9 Å². The van der Waals surface area contributed by atoms with E-state index in [-0.39, 0.29) is 5.91 Å². The number of aromatic nitrogens is 2. The summed E-state index contributed by atoms with van der Waals surface area (Å²) in [6.45, 7) is 3.56. The van der Waals surface area contributed by atoms with Crippen LogP contribution in [-0.4, -0.2) is 21.1 Å². The van der Waals surface area contributed by atoms with Crippen LogP contribution in [-0.2, 0) is 4.79 Å². The van der Waals surface area contributed by atoms with Crippen LogP contribution in [0.2, 0.25) is 10.0 Å². The Morgan fingerprint density at radius 2 is 1.95 bits per heavy atom. The van der Waals surface area contributed by atoms with Crippen LogP contribution in [0.1, 0.15) is 12.6 Å². The van der Waals surface area contributed by atoms with E-state index < -0.39 is 5.25 Å². The number of hydrogen-bond acceptors (Lipinski definition) is 5. The van der Waals surface area contributed by atoms with E-state index in [9.17, 15) is 4.79 Å². The smallest absolute Gasteiger partial charge is 0.237 e. The highest BCUT2D eigenvalue weighted by molar-refractivity contribution is 8.00. The summed E-state index contributed by atoms with van der Waals surface area (Å²) in [5.74, 6) is 0.125. The quantitative estimate of drug-likeness (QED) is 0.643. The second kappa shape index (κ2) is 7.17. The van der Waals surface area contributed by atoms with E-state index in [2.05, 4.69) is 15.3 Å². The fourth-order valence-corrected chi connectivity index (χ4v) is 3.00. The molecule has 2 rings (SSSR count). The molecule has 1 atom stereocenters. The molecule has 1 aromatic carbocycles. The van der Waals surface area contributed by atoms with Gasteiger partial charge in [0, 0.05) is 11.8 Å². The zero-order valence-corrected chi connectivity index (χ0v) is 14.3. The number of nitrogens with one attached hydrogen (secondary N) is 1. The molecule has 0 bridgehead atoms. The molecule has 0 aliphatic carbocycles. The van der Waals surface area contributed by atoms with Gasteiger partial charge >= 0.3 is 0 Å². The number of carbonyl (C=O) groups is 1. The van der Waals surface area contributed by atoms with Crippen LogP contribution in [0.15, 0.2) is 29.4 Å². The molecule has 1 aromatic heterocycles. The minimum atomic E-state index is -0.437. The topological polar surface area (TPSA) is 80.9 Å². The molecule has 0 aliphatic heterocycles. The number of aryl methyl sites for hydroxylation is 1. The zero-order valence-electron chi connectivity index (χ0n) is 11.9. The van der Waals surface area contributed by atoms with Crippen molar-refractivity contribution in [3.8, 4) is 0 Å². The van der Waals surface area contributed by atoms with Gasteiger partial charge < -0.3 is 11.1 Å². The van der Waals surface area contributed by atoms with Crippen molar-refractivity contribution in [2.75, 3.05) is 11.1 Å². The summed E-state index contributed by atoms with van der Waals surface area (Å²) in [7, 11) is 0. The molecule has 1 unspecified atom stereocenters. The Balaban J connectivity index is 2.09. The first-order chi connectivity index (χ1) is 10.4. The average Bonchev–Trinajstić information content (AvgIpc) is 2.41. The fourth-order valence-electron chi connectivity index (χ4n) is 1.67. The molecule has 2 aromatic rings. The number of rotatable bonds is 4. The number of nitrogen functional groups attached to an aromatic ring is 1. The lowest BCUT2D eigenvalue weighted by Gasteiger charge is -2.13. The molecular weight excluding hydrogens is 343 g/mol. The normalized spacial score (nSPS) is 12.0. The largest absolute Gasteiger partial charge is 0.384 e. The monoisotopic (exact) mass is 356 g/mol. The van der Waals surface area contributed by atoms with Gasteiger partial charge in [0.25, 0.3) is 0 Å². The van der Waals surface area contributed by atoms with Gasteiger partial charge in [0.2, 0.25) is 5.91 Å². The maximum absolute atomic E-state index is 12.3. The van der Waals surface area contributed by atoms with E-state index in [1.165, 1.54) is 11.8 Å². The third-order valence-corrected chi connectivity index (χ3v) is 4.31. The van der Waals surface area contributed by atoms with Crippen LogP contribution >= 0.6 is 35.0 Å². The van der Waals surface area contributed by atoms with Crippen LogP contribution < -0.4 is 11.1 Å². The molecule has 1 heterocycles. The molecule has 0 saturated carbocycles. The van der Waals surface area contributed by atoms with Gasteiger partial charge in [0.05, 0.1) is 21.0 Å². The van der Waals surface area contributed by atoms with Crippen molar-refractivity contribution in [1.29, 1.82) is 0 Å². The Morgan fingerprint density at radius 1 is 1.32 bits per heavy atom. The van der Waals surface area contributed by atoms with E-state index in [0.717, 1.165) is 5.69 Å². The second-order valence-electron chi connectivity index (χ2n) is 4.56. The number of halogens is 2. The van der Waals surface area contributed by atoms with Gasteiger partial charge in [-0.2, -0.15) is 0 Å². The second-order valence-corrected chi connectivity index (χ2v) is 6.69. The molecule has 0 spiro atoms. The predicted molar refractivity (Wildman–Crippen MR) is 91.6 cm³/mol. The Labute approximate surface area is 142 Å². The molecule has 1 amide bonds. The number of benzene rings is 1. The van der Waals surface area contributed by atoms with Crippen molar-refractivity contribution in [1.82, 2.24) is 9.97 Å². The number of amides is 1. The number of nitrogens with two attached hydrogens (primary N) is 1. The van der Waals surface area contributed by atoms with Crippen molar-refractivity contribution in [2.45, 2.75) is 24.3 Å². The molecule has 5 nitrogen and oxygen atoms in total. The molecule has 116 valence electrons. The summed E-state index contributed by atoms with van der Waals surface area (Å²) in [6, 6.07) is 6.69. The number of carbonyl (C=O) groups excluding carboxylic acids is 1. The number of anilines is 2. The lowest BCUT2D eigenvalue weighted by Crippen LogP contribution is -2.23. The molecule has 0 saturated heterocycles. The summed E-state index contributed by atoms with van der Waals surface area (Å²) in [6.07, 6.45) is 0. The van der Waals surface area contributed by atoms with Gasteiger partial charge in [0.15, 0.2) is 5.16 Å². The highest BCUT2D eigenvalue weighted by Gasteiger charge is 2.18. The van der Waals surface area contributed by atoms with Crippen LogP contribution in [0.4, 0.5) is 11.5 Å². The van der Waals surface area contributed by atoms with Gasteiger partial charge in [-0.05, 0) is 26.0 Å². The number of nitrogens with zero attached hydrogens (tertiary/aromatic N) is 2. The standard InChI is InChI=1S/C14H14Cl2N4OS/c1-7-6-11(17)19-14(18-7)22-8(2)13(21)20-12-9(15)4-3-5-10(12)16/h3-6,8H,1-2H3,(H,20,21)(H2,17,18,19). The maximum Gasteiger partial charge on any atom is 0.237 e. The Hall–Kier alpha value is -1.50. The Kier molecular flexibility index (Phi) is 5.50. The van der Waals surface area contributed by atoms with Gasteiger partial charge in [-0.1, -0.05) is 41.0 Å². The Morgan fingerprint density at radius 3 is 2.55 bits per heavy atom. The molecule has 3 N–H and O–H groups in total. The van der Waals surface area contributed by atoms with Crippen molar-refractivity contribution < 1.29 is 4.79 Å². The fraction of sp³-hybridized carbons (Fsp3) is 0.214. The van der Waals surface area contributed by atoms with Gasteiger partial charge in [-0.3, -0.25) is 4.79 Å². The SMILES string of the molecule is Cc1cc(N)nc(SC(C)C(=O)Nc2c(Cl)cccc2Cl)n1. The molecule has 0 radical (unpaired) electrons. The van der Waals surface area contributed by atoms with E-state index in [1.807, 2.05) is 6.92 Å². The summed E-state index contributed by atoms with van der Waals surface area (Å²) in [4.78, 5) is 20.6. The third-order valence-electron chi connectivity index (χ3n) is 2.72. The summed E-state index contributed by atoms with van der Waals surface area (Å²) >= 11 is 13.3. The first-order valence-electron chi connectivity index (χ1n) is 6.39. The highest BCUT2D eigenvalue weighted by Crippen LogP contribution is 2.31. The molecule has 8 heteroatoms. The minimum absolute atomic E-state index is 0.247. The zero-order chi connectivity index (χ0) is 16.3. The summed E-state index contributed by atoms with van der Waals surface area (Å²) in [5, 5.41) is 3.50. The highest BCUT2D eigenvalue weighted by atomic mass is 35.5. The minimum Gasteiger partial charge on any atom is -0.384 e. The van der Waals surface area contributed by atoms with Crippen LogP contribution in [0.5, 0.6) is 0 Å². The first-order valence-corrected chi connectivity index (χ1v) is 8.03. The lowest BCUT2D eigenvalue weighted by atomic mass is 10.3. The number of para-hydroxylation sites is 1.